The Morgan fingerprint density at radius 1 is 0.800 bits per heavy atom. The van der Waals surface area contributed by atoms with E-state index in [1.165, 1.54) is 0 Å². The molecule has 1 aliphatic carbocycles. The molecule has 7 heteroatoms. The number of nitrogens with one attached hydrogen (secondary N) is 1. The normalized spacial score (nSPS) is 37.5. The molecule has 1 aliphatic rings. The maximum absolute atomic E-state index is 11.9. The van der Waals surface area contributed by atoms with E-state index in [1.54, 1.807) is 30.3 Å². The number of hydrogen-bond acceptors (Lipinski definition) is 6. The Bertz CT molecular complexity index is 451. The number of hydrogen-bond donors (Lipinski definition) is 6. The average Bonchev–Trinajstić information content (AvgIpc) is 2.48. The van der Waals surface area contributed by atoms with E-state index < -0.39 is 42.5 Å². The van der Waals surface area contributed by atoms with Gasteiger partial charge in [0.05, 0.1) is 6.04 Å². The maximum Gasteiger partial charge on any atom is 0.251 e. The monoisotopic (exact) mass is 283 g/mol. The molecule has 0 aromatic heterocycles. The lowest BCUT2D eigenvalue weighted by Crippen LogP contribution is -2.68. The summed E-state index contributed by atoms with van der Waals surface area (Å²) in [6.45, 7) is 0. The Morgan fingerprint density at radius 2 is 1.25 bits per heavy atom. The lowest BCUT2D eigenvalue weighted by Gasteiger charge is -2.42. The van der Waals surface area contributed by atoms with Crippen molar-refractivity contribution in [2.24, 2.45) is 0 Å². The van der Waals surface area contributed by atoms with Crippen molar-refractivity contribution in [2.45, 2.75) is 36.6 Å². The van der Waals surface area contributed by atoms with E-state index in [1.807, 2.05) is 0 Å². The van der Waals surface area contributed by atoms with Crippen molar-refractivity contribution < 1.29 is 30.3 Å². The van der Waals surface area contributed by atoms with Crippen molar-refractivity contribution >= 4 is 5.91 Å². The molecule has 0 bridgehead atoms. The summed E-state index contributed by atoms with van der Waals surface area (Å²) in [4.78, 5) is 11.9. The molecule has 1 aromatic rings. The standard InChI is InChI=1S/C13H17NO6/c15-8-7(9(16)11(18)12(19)10(8)17)14-13(20)6-4-2-1-3-5-6/h1-5,7-12,15-19H,(H,14,20)/t7?,8-,9+,10+,11-,12?. The first-order valence-electron chi connectivity index (χ1n) is 6.19. The van der Waals surface area contributed by atoms with Gasteiger partial charge in [-0.15, -0.1) is 0 Å². The van der Waals surface area contributed by atoms with Crippen LogP contribution < -0.4 is 5.32 Å². The molecular weight excluding hydrogens is 266 g/mol. The van der Waals surface area contributed by atoms with Gasteiger partial charge in [-0.05, 0) is 12.1 Å². The van der Waals surface area contributed by atoms with E-state index in [-0.39, 0.29) is 0 Å². The van der Waals surface area contributed by atoms with E-state index in [0.717, 1.165) is 0 Å². The second-order valence-corrected chi connectivity index (χ2v) is 4.82. The third-order valence-corrected chi connectivity index (χ3v) is 3.47. The zero-order chi connectivity index (χ0) is 14.9. The predicted molar refractivity (Wildman–Crippen MR) is 67.7 cm³/mol. The summed E-state index contributed by atoms with van der Waals surface area (Å²) in [6, 6.07) is 6.82. The Hall–Kier alpha value is -1.51. The van der Waals surface area contributed by atoms with Crippen LogP contribution >= 0.6 is 0 Å². The zero-order valence-electron chi connectivity index (χ0n) is 10.5. The summed E-state index contributed by atoms with van der Waals surface area (Å²) in [5, 5.41) is 50.5. The minimum Gasteiger partial charge on any atom is -0.388 e. The number of aliphatic hydroxyl groups excluding tert-OH is 5. The predicted octanol–water partition coefficient (Wildman–Crippen LogP) is -2.40. The van der Waals surface area contributed by atoms with E-state index in [2.05, 4.69) is 5.32 Å². The lowest BCUT2D eigenvalue weighted by molar-refractivity contribution is -0.188. The van der Waals surface area contributed by atoms with Crippen LogP contribution in [0.5, 0.6) is 0 Å². The van der Waals surface area contributed by atoms with E-state index >= 15 is 0 Å². The number of rotatable bonds is 2. The van der Waals surface area contributed by atoms with Crippen molar-refractivity contribution in [3.8, 4) is 0 Å². The molecule has 1 saturated carbocycles. The average molecular weight is 283 g/mol. The number of carbonyl (C=O) groups is 1. The minimum absolute atomic E-state index is 0.307. The first kappa shape index (κ1) is 14.9. The summed E-state index contributed by atoms with van der Waals surface area (Å²) in [6.07, 6.45) is -8.17. The van der Waals surface area contributed by atoms with Crippen LogP contribution in [0.4, 0.5) is 0 Å². The highest BCUT2D eigenvalue weighted by Crippen LogP contribution is 2.21. The van der Waals surface area contributed by atoms with Gasteiger partial charge in [0.15, 0.2) is 0 Å². The van der Waals surface area contributed by atoms with Gasteiger partial charge in [-0.3, -0.25) is 4.79 Å². The molecule has 1 aromatic carbocycles. The van der Waals surface area contributed by atoms with Gasteiger partial charge in [-0.2, -0.15) is 0 Å². The van der Waals surface area contributed by atoms with E-state index in [9.17, 15) is 30.3 Å². The van der Waals surface area contributed by atoms with Crippen molar-refractivity contribution in [1.29, 1.82) is 0 Å². The summed E-state index contributed by atoms with van der Waals surface area (Å²) in [7, 11) is 0. The molecule has 0 spiro atoms. The van der Waals surface area contributed by atoms with Crippen LogP contribution in [-0.4, -0.2) is 68.0 Å². The number of amides is 1. The molecule has 0 heterocycles. The molecule has 2 unspecified atom stereocenters. The van der Waals surface area contributed by atoms with Gasteiger partial charge in [-0.1, -0.05) is 18.2 Å². The molecule has 6 atom stereocenters. The van der Waals surface area contributed by atoms with Crippen LogP contribution in [0, 0.1) is 0 Å². The van der Waals surface area contributed by atoms with E-state index in [4.69, 9.17) is 0 Å². The lowest BCUT2D eigenvalue weighted by atomic mass is 9.83. The molecule has 7 nitrogen and oxygen atoms in total. The Morgan fingerprint density at radius 3 is 1.75 bits per heavy atom. The fraction of sp³-hybridized carbons (Fsp3) is 0.462. The minimum atomic E-state index is -1.68. The third-order valence-electron chi connectivity index (χ3n) is 3.47. The molecule has 110 valence electrons. The first-order chi connectivity index (χ1) is 9.43. The Kier molecular flexibility index (Phi) is 4.36. The first-order valence-corrected chi connectivity index (χ1v) is 6.19. The highest BCUT2D eigenvalue weighted by Gasteiger charge is 2.48. The smallest absolute Gasteiger partial charge is 0.251 e. The van der Waals surface area contributed by atoms with Crippen LogP contribution in [0.2, 0.25) is 0 Å². The summed E-state index contributed by atoms with van der Waals surface area (Å²) < 4.78 is 0. The van der Waals surface area contributed by atoms with Crippen molar-refractivity contribution in [3.63, 3.8) is 0 Å². The molecule has 2 rings (SSSR count). The third kappa shape index (κ3) is 2.67. The quantitative estimate of drug-likeness (QED) is 0.359. The second-order valence-electron chi connectivity index (χ2n) is 4.82. The summed E-state index contributed by atoms with van der Waals surface area (Å²) in [5.74, 6) is -0.565. The maximum atomic E-state index is 11.9. The van der Waals surface area contributed by atoms with Gasteiger partial charge < -0.3 is 30.8 Å². The highest BCUT2D eigenvalue weighted by molar-refractivity contribution is 5.94. The summed E-state index contributed by atoms with van der Waals surface area (Å²) in [5.41, 5.74) is 0.307. The SMILES string of the molecule is O=C(NC1[C@@H](O)[C@H](O)C(O)[C@H](O)[C@H]1O)c1ccccc1. The van der Waals surface area contributed by atoms with Crippen LogP contribution in [-0.2, 0) is 0 Å². The summed E-state index contributed by atoms with van der Waals surface area (Å²) >= 11 is 0. The van der Waals surface area contributed by atoms with Gasteiger partial charge in [-0.25, -0.2) is 0 Å². The largest absolute Gasteiger partial charge is 0.388 e. The van der Waals surface area contributed by atoms with Crippen molar-refractivity contribution in [3.05, 3.63) is 35.9 Å². The van der Waals surface area contributed by atoms with Gasteiger partial charge in [0.2, 0.25) is 0 Å². The van der Waals surface area contributed by atoms with Crippen LogP contribution in [0.25, 0.3) is 0 Å². The molecule has 0 radical (unpaired) electrons. The highest BCUT2D eigenvalue weighted by atomic mass is 16.4. The van der Waals surface area contributed by atoms with Crippen LogP contribution in [0.1, 0.15) is 10.4 Å². The molecule has 0 saturated heterocycles. The zero-order valence-corrected chi connectivity index (χ0v) is 10.5. The van der Waals surface area contributed by atoms with Gasteiger partial charge >= 0.3 is 0 Å². The van der Waals surface area contributed by atoms with Crippen molar-refractivity contribution in [1.82, 2.24) is 5.32 Å². The molecule has 20 heavy (non-hydrogen) atoms. The number of benzene rings is 1. The molecule has 1 fully saturated rings. The molecule has 0 aliphatic heterocycles. The van der Waals surface area contributed by atoms with Crippen LogP contribution in [0.3, 0.4) is 0 Å². The van der Waals surface area contributed by atoms with Gasteiger partial charge in [0.25, 0.3) is 5.91 Å². The van der Waals surface area contributed by atoms with Gasteiger partial charge in [0, 0.05) is 5.56 Å². The molecule has 1 amide bonds. The molecular formula is C13H17NO6. The number of aliphatic hydroxyl groups is 5. The van der Waals surface area contributed by atoms with Crippen molar-refractivity contribution in [2.75, 3.05) is 0 Å². The second kappa shape index (κ2) is 5.86. The fourth-order valence-corrected chi connectivity index (χ4v) is 2.23. The Labute approximate surface area is 115 Å². The van der Waals surface area contributed by atoms with Gasteiger partial charge in [0.1, 0.15) is 30.5 Å². The Balaban J connectivity index is 2.13. The van der Waals surface area contributed by atoms with Crippen LogP contribution in [0.15, 0.2) is 30.3 Å². The van der Waals surface area contributed by atoms with E-state index in [0.29, 0.717) is 5.56 Å². The molecule has 6 N–H and O–H groups in total. The number of carbonyl (C=O) groups excluding carboxylic acids is 1. The topological polar surface area (TPSA) is 130 Å². The fourth-order valence-electron chi connectivity index (χ4n) is 2.23.